The number of aryl methyl sites for hydroxylation is 2. The van der Waals surface area contributed by atoms with Crippen molar-refractivity contribution in [3.05, 3.63) is 58.0 Å². The summed E-state index contributed by atoms with van der Waals surface area (Å²) in [5.74, 6) is 1.31. The van der Waals surface area contributed by atoms with Crippen molar-refractivity contribution in [3.63, 3.8) is 0 Å². The van der Waals surface area contributed by atoms with Gasteiger partial charge < -0.3 is 5.32 Å². The number of carbonyl (C=O) groups excluding carboxylic acids is 1. The van der Waals surface area contributed by atoms with E-state index in [-0.39, 0.29) is 12.5 Å². The molecule has 3 rings (SSSR count). The number of nitrogens with one attached hydrogen (secondary N) is 1. The third kappa shape index (κ3) is 3.84. The molecule has 0 atom stereocenters. The minimum atomic E-state index is -0.0720. The first-order valence-electron chi connectivity index (χ1n) is 7.39. The molecular formula is C17H18N4OS. The second-order valence-electron chi connectivity index (χ2n) is 5.37. The first kappa shape index (κ1) is 15.4. The Morgan fingerprint density at radius 1 is 1.26 bits per heavy atom. The summed E-state index contributed by atoms with van der Waals surface area (Å²) in [6.07, 6.45) is 0. The molecule has 0 radical (unpaired) electrons. The van der Waals surface area contributed by atoms with Crippen LogP contribution in [0.4, 0.5) is 0 Å². The molecule has 2 heterocycles. The molecule has 118 valence electrons. The third-order valence-corrected chi connectivity index (χ3v) is 4.26. The highest BCUT2D eigenvalue weighted by molar-refractivity contribution is 7.09. The van der Waals surface area contributed by atoms with Crippen LogP contribution in [0.2, 0.25) is 0 Å². The lowest BCUT2D eigenvalue weighted by Crippen LogP contribution is -2.27. The number of nitrogens with zero attached hydrogens (tertiary/aromatic N) is 3. The molecule has 0 aliphatic heterocycles. The number of rotatable bonds is 5. The van der Waals surface area contributed by atoms with Crippen LogP contribution in [0.15, 0.2) is 41.8 Å². The van der Waals surface area contributed by atoms with E-state index < -0.39 is 0 Å². The standard InChI is InChI=1S/C17H18N4OS/c1-12-5-3-6-14(9-12)17-19-13(2)20-21(17)11-16(22)18-10-15-7-4-8-23-15/h3-9H,10-11H2,1-2H3,(H,18,22). The Morgan fingerprint density at radius 2 is 2.13 bits per heavy atom. The highest BCUT2D eigenvalue weighted by atomic mass is 32.1. The fraction of sp³-hybridized carbons (Fsp3) is 0.235. The summed E-state index contributed by atoms with van der Waals surface area (Å²) < 4.78 is 1.66. The summed E-state index contributed by atoms with van der Waals surface area (Å²) >= 11 is 1.63. The lowest BCUT2D eigenvalue weighted by Gasteiger charge is -2.07. The highest BCUT2D eigenvalue weighted by Gasteiger charge is 2.13. The lowest BCUT2D eigenvalue weighted by atomic mass is 10.1. The van der Waals surface area contributed by atoms with Gasteiger partial charge >= 0.3 is 0 Å². The van der Waals surface area contributed by atoms with Crippen LogP contribution < -0.4 is 5.32 Å². The minimum Gasteiger partial charge on any atom is -0.350 e. The van der Waals surface area contributed by atoms with Crippen LogP contribution in [0.1, 0.15) is 16.3 Å². The number of hydrogen-bond donors (Lipinski definition) is 1. The predicted molar refractivity (Wildman–Crippen MR) is 91.1 cm³/mol. The fourth-order valence-corrected chi connectivity index (χ4v) is 3.00. The molecule has 0 spiro atoms. The highest BCUT2D eigenvalue weighted by Crippen LogP contribution is 2.18. The minimum absolute atomic E-state index is 0.0720. The van der Waals surface area contributed by atoms with E-state index in [4.69, 9.17) is 0 Å². The van der Waals surface area contributed by atoms with Crippen molar-refractivity contribution in [2.45, 2.75) is 26.9 Å². The molecule has 23 heavy (non-hydrogen) atoms. The lowest BCUT2D eigenvalue weighted by molar-refractivity contribution is -0.121. The molecule has 3 aromatic rings. The van der Waals surface area contributed by atoms with Crippen molar-refractivity contribution >= 4 is 17.2 Å². The molecule has 1 N–H and O–H groups in total. The molecule has 0 fully saturated rings. The molecule has 0 bridgehead atoms. The zero-order chi connectivity index (χ0) is 16.2. The summed E-state index contributed by atoms with van der Waals surface area (Å²) in [5, 5.41) is 9.26. The number of aromatic nitrogens is 3. The molecule has 1 aromatic carbocycles. The molecule has 0 aliphatic rings. The van der Waals surface area contributed by atoms with Gasteiger partial charge in [-0.15, -0.1) is 11.3 Å². The van der Waals surface area contributed by atoms with Crippen LogP contribution in [0.3, 0.4) is 0 Å². The van der Waals surface area contributed by atoms with E-state index in [2.05, 4.69) is 15.4 Å². The SMILES string of the molecule is Cc1cccc(-c2nc(C)nn2CC(=O)NCc2cccs2)c1. The quantitative estimate of drug-likeness (QED) is 0.784. The molecule has 0 saturated heterocycles. The molecule has 0 unspecified atom stereocenters. The Labute approximate surface area is 139 Å². The summed E-state index contributed by atoms with van der Waals surface area (Å²) in [5.41, 5.74) is 2.12. The van der Waals surface area contributed by atoms with Gasteiger partial charge in [-0.05, 0) is 31.4 Å². The third-order valence-electron chi connectivity index (χ3n) is 3.39. The maximum atomic E-state index is 12.2. The monoisotopic (exact) mass is 326 g/mol. The normalized spacial score (nSPS) is 10.7. The topological polar surface area (TPSA) is 59.8 Å². The molecule has 0 saturated carbocycles. The Bertz CT molecular complexity index is 808. The van der Waals surface area contributed by atoms with E-state index in [1.165, 1.54) is 0 Å². The number of amides is 1. The number of thiophene rings is 1. The van der Waals surface area contributed by atoms with E-state index in [1.54, 1.807) is 16.0 Å². The Kier molecular flexibility index (Phi) is 4.52. The number of carbonyl (C=O) groups is 1. The molecule has 1 amide bonds. The summed E-state index contributed by atoms with van der Waals surface area (Å²) in [7, 11) is 0. The van der Waals surface area contributed by atoms with Gasteiger partial charge in [0.15, 0.2) is 5.82 Å². The summed E-state index contributed by atoms with van der Waals surface area (Å²) in [4.78, 5) is 17.8. The van der Waals surface area contributed by atoms with Crippen molar-refractivity contribution in [3.8, 4) is 11.4 Å². The molecular weight excluding hydrogens is 308 g/mol. The fourth-order valence-electron chi connectivity index (χ4n) is 2.35. The molecule has 2 aromatic heterocycles. The van der Waals surface area contributed by atoms with Gasteiger partial charge in [0.05, 0.1) is 6.54 Å². The van der Waals surface area contributed by atoms with Crippen LogP contribution >= 0.6 is 11.3 Å². The maximum absolute atomic E-state index is 12.2. The first-order chi connectivity index (χ1) is 11.1. The van der Waals surface area contributed by atoms with E-state index in [1.807, 2.05) is 55.6 Å². The van der Waals surface area contributed by atoms with E-state index in [0.717, 1.165) is 21.8 Å². The Morgan fingerprint density at radius 3 is 2.87 bits per heavy atom. The smallest absolute Gasteiger partial charge is 0.242 e. The number of benzene rings is 1. The van der Waals surface area contributed by atoms with Gasteiger partial charge in [-0.2, -0.15) is 5.10 Å². The average Bonchev–Trinajstić information content (AvgIpc) is 3.15. The van der Waals surface area contributed by atoms with Crippen LogP contribution in [0, 0.1) is 13.8 Å². The Hall–Kier alpha value is -2.47. The van der Waals surface area contributed by atoms with Gasteiger partial charge in [0, 0.05) is 10.4 Å². The van der Waals surface area contributed by atoms with Gasteiger partial charge in [0.2, 0.25) is 5.91 Å². The zero-order valence-corrected chi connectivity index (χ0v) is 13.9. The van der Waals surface area contributed by atoms with Crippen LogP contribution in [0.5, 0.6) is 0 Å². The van der Waals surface area contributed by atoms with Crippen molar-refractivity contribution < 1.29 is 4.79 Å². The van der Waals surface area contributed by atoms with Crippen LogP contribution in [0.25, 0.3) is 11.4 Å². The zero-order valence-electron chi connectivity index (χ0n) is 13.1. The van der Waals surface area contributed by atoms with E-state index >= 15 is 0 Å². The molecule has 0 aliphatic carbocycles. The Balaban J connectivity index is 1.74. The van der Waals surface area contributed by atoms with Crippen LogP contribution in [-0.2, 0) is 17.9 Å². The summed E-state index contributed by atoms with van der Waals surface area (Å²) in [6.45, 7) is 4.57. The van der Waals surface area contributed by atoms with Gasteiger partial charge in [-0.1, -0.05) is 29.8 Å². The largest absolute Gasteiger partial charge is 0.350 e. The van der Waals surface area contributed by atoms with Gasteiger partial charge in [0.1, 0.15) is 12.4 Å². The van der Waals surface area contributed by atoms with Crippen molar-refractivity contribution in [1.29, 1.82) is 0 Å². The van der Waals surface area contributed by atoms with E-state index in [0.29, 0.717) is 12.4 Å². The second-order valence-corrected chi connectivity index (χ2v) is 6.40. The van der Waals surface area contributed by atoms with Gasteiger partial charge in [-0.3, -0.25) is 4.79 Å². The molecule has 5 nitrogen and oxygen atoms in total. The van der Waals surface area contributed by atoms with E-state index in [9.17, 15) is 4.79 Å². The van der Waals surface area contributed by atoms with Crippen molar-refractivity contribution in [1.82, 2.24) is 20.1 Å². The first-order valence-corrected chi connectivity index (χ1v) is 8.27. The molecule has 6 heteroatoms. The van der Waals surface area contributed by atoms with Crippen LogP contribution in [-0.4, -0.2) is 20.7 Å². The summed E-state index contributed by atoms with van der Waals surface area (Å²) in [6, 6.07) is 12.0. The van der Waals surface area contributed by atoms with Gasteiger partial charge in [-0.25, -0.2) is 9.67 Å². The van der Waals surface area contributed by atoms with Crippen molar-refractivity contribution in [2.24, 2.45) is 0 Å². The average molecular weight is 326 g/mol. The number of hydrogen-bond acceptors (Lipinski definition) is 4. The second kappa shape index (κ2) is 6.75. The van der Waals surface area contributed by atoms with Crippen molar-refractivity contribution in [2.75, 3.05) is 0 Å². The predicted octanol–water partition coefficient (Wildman–Crippen LogP) is 2.94. The van der Waals surface area contributed by atoms with Gasteiger partial charge in [0.25, 0.3) is 0 Å². The maximum Gasteiger partial charge on any atom is 0.242 e.